The third-order valence-corrected chi connectivity index (χ3v) is 6.17. The number of ether oxygens (including phenoxy) is 2. The van der Waals surface area contributed by atoms with Gasteiger partial charge in [0.25, 0.3) is 0 Å². The van der Waals surface area contributed by atoms with Gasteiger partial charge in [0.1, 0.15) is 5.82 Å². The predicted molar refractivity (Wildman–Crippen MR) is 128 cm³/mol. The number of hydrogen-bond donors (Lipinski definition) is 1. The highest BCUT2D eigenvalue weighted by Crippen LogP contribution is 2.20. The lowest BCUT2D eigenvalue weighted by atomic mass is 10.1. The summed E-state index contributed by atoms with van der Waals surface area (Å²) in [7, 11) is 1.70. The minimum absolute atomic E-state index is 0.128. The third-order valence-electron chi connectivity index (χ3n) is 6.17. The Bertz CT molecular complexity index is 697. The maximum absolute atomic E-state index is 14.0. The second kappa shape index (κ2) is 13.6. The number of halogens is 1. The summed E-state index contributed by atoms with van der Waals surface area (Å²) in [6, 6.07) is 7.06. The topological polar surface area (TPSA) is 52.6 Å². The van der Waals surface area contributed by atoms with Gasteiger partial charge in [0.05, 0.1) is 25.5 Å². The first kappa shape index (κ1) is 24.7. The van der Waals surface area contributed by atoms with E-state index in [4.69, 9.17) is 14.5 Å². The van der Waals surface area contributed by atoms with E-state index in [0.717, 1.165) is 90.0 Å². The Morgan fingerprint density at radius 3 is 2.72 bits per heavy atom. The fourth-order valence-corrected chi connectivity index (χ4v) is 4.38. The Balaban J connectivity index is 1.36. The quantitative estimate of drug-likeness (QED) is 0.318. The standard InChI is InChI=1S/C24H40FN5O2/c1-3-26-24(30-12-9-21(19-30)20-32-18-17-31-2)27-10-6-11-28-13-15-29(16-14-28)23-8-5-4-7-22(23)25/h4-5,7-8,21H,3,6,9-20H2,1-2H3,(H,26,27). The Morgan fingerprint density at radius 1 is 1.16 bits per heavy atom. The Morgan fingerprint density at radius 2 is 1.97 bits per heavy atom. The van der Waals surface area contributed by atoms with Crippen LogP contribution < -0.4 is 10.2 Å². The highest BCUT2D eigenvalue weighted by atomic mass is 19.1. The van der Waals surface area contributed by atoms with Crippen molar-refractivity contribution < 1.29 is 13.9 Å². The molecule has 0 amide bonds. The molecule has 2 aliphatic rings. The third kappa shape index (κ3) is 7.60. The second-order valence-electron chi connectivity index (χ2n) is 8.54. The SMILES string of the molecule is CCNC(=NCCCN1CCN(c2ccccc2F)CC1)N1CCC(COCCOC)C1. The highest BCUT2D eigenvalue weighted by Gasteiger charge is 2.25. The molecule has 0 bridgehead atoms. The monoisotopic (exact) mass is 449 g/mol. The van der Waals surface area contributed by atoms with Gasteiger partial charge in [-0.2, -0.15) is 0 Å². The molecule has 0 aliphatic carbocycles. The summed E-state index contributed by atoms with van der Waals surface area (Å²) in [5.74, 6) is 1.45. The Kier molecular flexibility index (Phi) is 10.5. The van der Waals surface area contributed by atoms with Crippen LogP contribution in [-0.4, -0.2) is 102 Å². The van der Waals surface area contributed by atoms with E-state index in [1.807, 2.05) is 12.1 Å². The van der Waals surface area contributed by atoms with Crippen LogP contribution in [0.3, 0.4) is 0 Å². The van der Waals surface area contributed by atoms with Gasteiger partial charge >= 0.3 is 0 Å². The lowest BCUT2D eigenvalue weighted by molar-refractivity contribution is 0.0536. The smallest absolute Gasteiger partial charge is 0.193 e. The minimum Gasteiger partial charge on any atom is -0.382 e. The van der Waals surface area contributed by atoms with Crippen molar-refractivity contribution in [1.29, 1.82) is 0 Å². The zero-order valence-electron chi connectivity index (χ0n) is 19.8. The average molecular weight is 450 g/mol. The number of guanidine groups is 1. The van der Waals surface area contributed by atoms with E-state index in [9.17, 15) is 4.39 Å². The van der Waals surface area contributed by atoms with Crippen molar-refractivity contribution >= 4 is 11.6 Å². The lowest BCUT2D eigenvalue weighted by Crippen LogP contribution is -2.47. The maximum Gasteiger partial charge on any atom is 0.193 e. The molecule has 1 aromatic carbocycles. The molecule has 2 heterocycles. The molecule has 2 aliphatic heterocycles. The molecule has 8 heteroatoms. The molecule has 0 saturated carbocycles. The number of methoxy groups -OCH3 is 1. The molecule has 0 aromatic heterocycles. The summed E-state index contributed by atoms with van der Waals surface area (Å²) in [4.78, 5) is 11.9. The van der Waals surface area contributed by atoms with Gasteiger partial charge in [-0.3, -0.25) is 9.89 Å². The van der Waals surface area contributed by atoms with E-state index in [-0.39, 0.29) is 5.82 Å². The molecule has 0 radical (unpaired) electrons. The number of rotatable bonds is 11. The van der Waals surface area contributed by atoms with Gasteiger partial charge in [-0.1, -0.05) is 12.1 Å². The van der Waals surface area contributed by atoms with Crippen molar-refractivity contribution in [1.82, 2.24) is 15.1 Å². The van der Waals surface area contributed by atoms with Crippen LogP contribution in [0, 0.1) is 11.7 Å². The summed E-state index contributed by atoms with van der Waals surface area (Å²) in [5, 5.41) is 3.45. The van der Waals surface area contributed by atoms with Gasteiger partial charge in [0, 0.05) is 71.9 Å². The van der Waals surface area contributed by atoms with Crippen molar-refractivity contribution in [2.45, 2.75) is 19.8 Å². The first-order valence-electron chi connectivity index (χ1n) is 12.0. The van der Waals surface area contributed by atoms with E-state index in [0.29, 0.717) is 19.1 Å². The molecule has 7 nitrogen and oxygen atoms in total. The van der Waals surface area contributed by atoms with Gasteiger partial charge in [-0.15, -0.1) is 0 Å². The molecular formula is C24H40FN5O2. The summed E-state index contributed by atoms with van der Waals surface area (Å²) >= 11 is 0. The van der Waals surface area contributed by atoms with Crippen LogP contribution in [-0.2, 0) is 9.47 Å². The summed E-state index contributed by atoms with van der Waals surface area (Å²) in [6.45, 7) is 12.7. The molecule has 1 aromatic rings. The first-order valence-corrected chi connectivity index (χ1v) is 12.0. The molecule has 1 N–H and O–H groups in total. The largest absolute Gasteiger partial charge is 0.382 e. The number of benzene rings is 1. The van der Waals surface area contributed by atoms with Crippen molar-refractivity contribution in [2.24, 2.45) is 10.9 Å². The van der Waals surface area contributed by atoms with E-state index in [2.05, 4.69) is 26.9 Å². The summed E-state index contributed by atoms with van der Waals surface area (Å²) in [6.07, 6.45) is 2.18. The van der Waals surface area contributed by atoms with Crippen molar-refractivity contribution in [3.05, 3.63) is 30.1 Å². The number of hydrogen-bond acceptors (Lipinski definition) is 5. The summed E-state index contributed by atoms with van der Waals surface area (Å²) < 4.78 is 24.8. The molecule has 2 fully saturated rings. The van der Waals surface area contributed by atoms with Crippen LogP contribution >= 0.6 is 0 Å². The van der Waals surface area contributed by atoms with Crippen LogP contribution in [0.5, 0.6) is 0 Å². The number of likely N-dealkylation sites (tertiary alicyclic amines) is 1. The van der Waals surface area contributed by atoms with Gasteiger partial charge in [-0.05, 0) is 31.9 Å². The van der Waals surface area contributed by atoms with Crippen molar-refractivity contribution in [3.63, 3.8) is 0 Å². The van der Waals surface area contributed by atoms with Gasteiger partial charge < -0.3 is 24.6 Å². The number of anilines is 1. The first-order chi connectivity index (χ1) is 15.7. The van der Waals surface area contributed by atoms with Crippen LogP contribution in [0.4, 0.5) is 10.1 Å². The molecule has 32 heavy (non-hydrogen) atoms. The molecule has 0 spiro atoms. The second-order valence-corrected chi connectivity index (χ2v) is 8.54. The molecule has 1 unspecified atom stereocenters. The van der Waals surface area contributed by atoms with Gasteiger partial charge in [0.15, 0.2) is 5.96 Å². The number of nitrogens with zero attached hydrogens (tertiary/aromatic N) is 4. The van der Waals surface area contributed by atoms with Crippen LogP contribution in [0.15, 0.2) is 29.3 Å². The fourth-order valence-electron chi connectivity index (χ4n) is 4.38. The summed E-state index contributed by atoms with van der Waals surface area (Å²) in [5.41, 5.74) is 0.722. The fraction of sp³-hybridized carbons (Fsp3) is 0.708. The Hall–Kier alpha value is -1.90. The normalized spacial score (nSPS) is 20.2. The molecule has 180 valence electrons. The van der Waals surface area contributed by atoms with E-state index >= 15 is 0 Å². The minimum atomic E-state index is -0.128. The highest BCUT2D eigenvalue weighted by molar-refractivity contribution is 5.80. The molecule has 3 rings (SSSR count). The molecule has 1 atom stereocenters. The zero-order chi connectivity index (χ0) is 22.6. The van der Waals surface area contributed by atoms with E-state index in [1.54, 1.807) is 19.2 Å². The zero-order valence-corrected chi connectivity index (χ0v) is 19.8. The van der Waals surface area contributed by atoms with Crippen LogP contribution in [0.2, 0.25) is 0 Å². The average Bonchev–Trinajstić information content (AvgIpc) is 3.28. The van der Waals surface area contributed by atoms with Gasteiger partial charge in [0.2, 0.25) is 0 Å². The lowest BCUT2D eigenvalue weighted by Gasteiger charge is -2.36. The number of piperazine rings is 1. The Labute approximate surface area is 192 Å². The number of aliphatic imine (C=N–C) groups is 1. The molecular weight excluding hydrogens is 409 g/mol. The predicted octanol–water partition coefficient (Wildman–Crippen LogP) is 2.29. The van der Waals surface area contributed by atoms with Crippen molar-refractivity contribution in [2.75, 3.05) is 90.7 Å². The molecule has 2 saturated heterocycles. The number of para-hydroxylation sites is 1. The number of nitrogens with one attached hydrogen (secondary N) is 1. The maximum atomic E-state index is 14.0. The van der Waals surface area contributed by atoms with Crippen molar-refractivity contribution in [3.8, 4) is 0 Å². The van der Waals surface area contributed by atoms with Gasteiger partial charge in [-0.25, -0.2) is 4.39 Å². The van der Waals surface area contributed by atoms with E-state index < -0.39 is 0 Å². The van der Waals surface area contributed by atoms with Crippen LogP contribution in [0.1, 0.15) is 19.8 Å². The van der Waals surface area contributed by atoms with Crippen LogP contribution in [0.25, 0.3) is 0 Å². The van der Waals surface area contributed by atoms with E-state index in [1.165, 1.54) is 0 Å².